The zero-order valence-electron chi connectivity index (χ0n) is 11.9. The van der Waals surface area contributed by atoms with Gasteiger partial charge in [0.2, 0.25) is 0 Å². The number of aliphatic hydroxyl groups is 1. The molecule has 1 aromatic carbocycles. The maximum Gasteiger partial charge on any atom is 0.122 e. The molecule has 0 heterocycles. The van der Waals surface area contributed by atoms with Crippen LogP contribution in [0.25, 0.3) is 0 Å². The van der Waals surface area contributed by atoms with Crippen molar-refractivity contribution >= 4 is 0 Å². The summed E-state index contributed by atoms with van der Waals surface area (Å²) in [4.78, 5) is 2.19. The molecule has 18 heavy (non-hydrogen) atoms. The van der Waals surface area contributed by atoms with E-state index < -0.39 is 6.10 Å². The van der Waals surface area contributed by atoms with Crippen LogP contribution >= 0.6 is 0 Å². The molecule has 0 saturated carbocycles. The second kappa shape index (κ2) is 7.39. The quantitative estimate of drug-likeness (QED) is 0.807. The zero-order chi connectivity index (χ0) is 13.5. The van der Waals surface area contributed by atoms with Crippen LogP contribution in [0.5, 0.6) is 5.75 Å². The predicted octanol–water partition coefficient (Wildman–Crippen LogP) is 2.38. The molecule has 0 radical (unpaired) electrons. The monoisotopic (exact) mass is 251 g/mol. The SMILES string of the molecule is CCN(CC)C[C@@H](O)COc1cccc(C)c1C. The molecule has 0 aliphatic heterocycles. The summed E-state index contributed by atoms with van der Waals surface area (Å²) in [5.41, 5.74) is 2.36. The van der Waals surface area contributed by atoms with Gasteiger partial charge in [-0.15, -0.1) is 0 Å². The Bertz CT molecular complexity index is 362. The van der Waals surface area contributed by atoms with Crippen LogP contribution in [0.2, 0.25) is 0 Å². The van der Waals surface area contributed by atoms with Crippen LogP contribution in [0.1, 0.15) is 25.0 Å². The Morgan fingerprint density at radius 3 is 2.50 bits per heavy atom. The average Bonchev–Trinajstić information content (AvgIpc) is 2.37. The van der Waals surface area contributed by atoms with Crippen molar-refractivity contribution in [2.45, 2.75) is 33.8 Å². The van der Waals surface area contributed by atoms with Gasteiger partial charge in [-0.3, -0.25) is 0 Å². The van der Waals surface area contributed by atoms with Gasteiger partial charge in [0.15, 0.2) is 0 Å². The molecule has 3 nitrogen and oxygen atoms in total. The van der Waals surface area contributed by atoms with Gasteiger partial charge in [0.1, 0.15) is 18.5 Å². The van der Waals surface area contributed by atoms with Gasteiger partial charge in [-0.1, -0.05) is 26.0 Å². The van der Waals surface area contributed by atoms with Gasteiger partial charge < -0.3 is 14.7 Å². The minimum absolute atomic E-state index is 0.348. The molecule has 0 fully saturated rings. The standard InChI is InChI=1S/C15H25NO2/c1-5-16(6-2)10-14(17)11-18-15-9-7-8-12(3)13(15)4/h7-9,14,17H,5-6,10-11H2,1-4H3/t14-/m1/s1. The van der Waals surface area contributed by atoms with Crippen molar-refractivity contribution < 1.29 is 9.84 Å². The van der Waals surface area contributed by atoms with E-state index in [1.165, 1.54) is 5.56 Å². The number of benzene rings is 1. The molecule has 0 aliphatic carbocycles. The first-order valence-electron chi connectivity index (χ1n) is 6.67. The molecule has 1 N–H and O–H groups in total. The molecule has 0 aromatic heterocycles. The van der Waals surface area contributed by atoms with Crippen molar-refractivity contribution in [2.24, 2.45) is 0 Å². The lowest BCUT2D eigenvalue weighted by molar-refractivity contribution is 0.0714. The molecule has 0 amide bonds. The maximum atomic E-state index is 9.94. The Morgan fingerprint density at radius 2 is 1.89 bits per heavy atom. The molecular formula is C15H25NO2. The van der Waals surface area contributed by atoms with Crippen molar-refractivity contribution in [3.05, 3.63) is 29.3 Å². The van der Waals surface area contributed by atoms with Crippen LogP contribution in [0.4, 0.5) is 0 Å². The average molecular weight is 251 g/mol. The summed E-state index contributed by atoms with van der Waals surface area (Å²) in [6.07, 6.45) is -0.440. The molecule has 1 aromatic rings. The molecular weight excluding hydrogens is 226 g/mol. The van der Waals surface area contributed by atoms with Gasteiger partial charge in [-0.05, 0) is 44.1 Å². The number of hydrogen-bond acceptors (Lipinski definition) is 3. The number of ether oxygens (including phenoxy) is 1. The molecule has 0 spiro atoms. The lowest BCUT2D eigenvalue weighted by Gasteiger charge is -2.22. The van der Waals surface area contributed by atoms with Gasteiger partial charge in [-0.2, -0.15) is 0 Å². The molecule has 0 saturated heterocycles. The van der Waals surface area contributed by atoms with E-state index in [9.17, 15) is 5.11 Å². The fraction of sp³-hybridized carbons (Fsp3) is 0.600. The fourth-order valence-corrected chi connectivity index (χ4v) is 1.90. The van der Waals surface area contributed by atoms with E-state index in [2.05, 4.69) is 31.7 Å². The van der Waals surface area contributed by atoms with Crippen LogP contribution < -0.4 is 4.74 Å². The highest BCUT2D eigenvalue weighted by Crippen LogP contribution is 2.20. The van der Waals surface area contributed by atoms with E-state index >= 15 is 0 Å². The van der Waals surface area contributed by atoms with Crippen molar-refractivity contribution in [3.8, 4) is 5.75 Å². The third-order valence-electron chi connectivity index (χ3n) is 3.35. The lowest BCUT2D eigenvalue weighted by Crippen LogP contribution is -2.35. The van der Waals surface area contributed by atoms with Gasteiger partial charge in [0.25, 0.3) is 0 Å². The van der Waals surface area contributed by atoms with Crippen LogP contribution in [-0.4, -0.2) is 42.4 Å². The summed E-state index contributed by atoms with van der Waals surface area (Å²) in [6, 6.07) is 6.00. The Labute approximate surface area is 110 Å². The van der Waals surface area contributed by atoms with Gasteiger partial charge in [-0.25, -0.2) is 0 Å². The van der Waals surface area contributed by atoms with Crippen molar-refractivity contribution in [2.75, 3.05) is 26.2 Å². The molecule has 0 unspecified atom stereocenters. The summed E-state index contributed by atoms with van der Waals surface area (Å²) in [5.74, 6) is 0.869. The highest BCUT2D eigenvalue weighted by atomic mass is 16.5. The third-order valence-corrected chi connectivity index (χ3v) is 3.35. The number of aryl methyl sites for hydroxylation is 1. The Balaban J connectivity index is 2.47. The lowest BCUT2D eigenvalue weighted by atomic mass is 10.1. The largest absolute Gasteiger partial charge is 0.491 e. The molecule has 0 bridgehead atoms. The summed E-state index contributed by atoms with van der Waals surface area (Å²) >= 11 is 0. The van der Waals surface area contributed by atoms with E-state index in [-0.39, 0.29) is 0 Å². The smallest absolute Gasteiger partial charge is 0.122 e. The zero-order valence-corrected chi connectivity index (χ0v) is 11.9. The second-order valence-corrected chi connectivity index (χ2v) is 4.65. The summed E-state index contributed by atoms with van der Waals surface area (Å²) in [7, 11) is 0. The van der Waals surface area contributed by atoms with Crippen LogP contribution in [-0.2, 0) is 0 Å². The Morgan fingerprint density at radius 1 is 1.22 bits per heavy atom. The first-order chi connectivity index (χ1) is 8.58. The third kappa shape index (κ3) is 4.31. The molecule has 0 aliphatic rings. The predicted molar refractivity (Wildman–Crippen MR) is 75.2 cm³/mol. The van der Waals surface area contributed by atoms with Gasteiger partial charge >= 0.3 is 0 Å². The summed E-state index contributed by atoms with van der Waals surface area (Å²) < 4.78 is 5.69. The maximum absolute atomic E-state index is 9.94. The summed E-state index contributed by atoms with van der Waals surface area (Å²) in [5, 5.41) is 9.94. The first kappa shape index (κ1) is 15.0. The topological polar surface area (TPSA) is 32.7 Å². The Kier molecular flexibility index (Phi) is 6.16. The van der Waals surface area contributed by atoms with Crippen molar-refractivity contribution in [3.63, 3.8) is 0 Å². The fourth-order valence-electron chi connectivity index (χ4n) is 1.90. The van der Waals surface area contributed by atoms with E-state index in [1.807, 2.05) is 19.1 Å². The molecule has 102 valence electrons. The summed E-state index contributed by atoms with van der Waals surface area (Å²) in [6.45, 7) is 11.2. The normalized spacial score (nSPS) is 12.8. The number of hydrogen-bond donors (Lipinski definition) is 1. The van der Waals surface area contributed by atoms with E-state index in [1.54, 1.807) is 0 Å². The number of aliphatic hydroxyl groups excluding tert-OH is 1. The molecule has 1 rings (SSSR count). The van der Waals surface area contributed by atoms with Gasteiger partial charge in [0.05, 0.1) is 0 Å². The molecule has 1 atom stereocenters. The minimum atomic E-state index is -0.440. The van der Waals surface area contributed by atoms with Crippen LogP contribution in [0.15, 0.2) is 18.2 Å². The number of nitrogens with zero attached hydrogens (tertiary/aromatic N) is 1. The minimum Gasteiger partial charge on any atom is -0.491 e. The van der Waals surface area contributed by atoms with Crippen molar-refractivity contribution in [1.82, 2.24) is 4.90 Å². The van der Waals surface area contributed by atoms with Crippen molar-refractivity contribution in [1.29, 1.82) is 0 Å². The first-order valence-corrected chi connectivity index (χ1v) is 6.67. The van der Waals surface area contributed by atoms with Crippen LogP contribution in [0, 0.1) is 13.8 Å². The molecule has 3 heteroatoms. The van der Waals surface area contributed by atoms with Crippen LogP contribution in [0.3, 0.4) is 0 Å². The second-order valence-electron chi connectivity index (χ2n) is 4.65. The number of rotatable bonds is 7. The highest BCUT2D eigenvalue weighted by Gasteiger charge is 2.10. The number of likely N-dealkylation sites (N-methyl/N-ethyl adjacent to an activating group) is 1. The van der Waals surface area contributed by atoms with Gasteiger partial charge in [0, 0.05) is 6.54 Å². The van der Waals surface area contributed by atoms with E-state index in [0.717, 1.165) is 24.4 Å². The van der Waals surface area contributed by atoms with E-state index in [0.29, 0.717) is 13.2 Å². The highest BCUT2D eigenvalue weighted by molar-refractivity contribution is 5.38. The van der Waals surface area contributed by atoms with E-state index in [4.69, 9.17) is 4.74 Å². The Hall–Kier alpha value is -1.06.